The summed E-state index contributed by atoms with van der Waals surface area (Å²) in [5.74, 6) is 0.605. The van der Waals surface area contributed by atoms with Gasteiger partial charge < -0.3 is 15.2 Å². The molecule has 8 nitrogen and oxygen atoms in total. The summed E-state index contributed by atoms with van der Waals surface area (Å²) in [5.41, 5.74) is 1.53. The lowest BCUT2D eigenvalue weighted by Gasteiger charge is -2.27. The van der Waals surface area contributed by atoms with Gasteiger partial charge in [-0.15, -0.1) is 0 Å². The fourth-order valence-electron chi connectivity index (χ4n) is 3.17. The minimum Gasteiger partial charge on any atom is -0.504 e. The molecule has 0 saturated heterocycles. The molecular weight excluding hydrogens is 389 g/mol. The highest BCUT2D eigenvalue weighted by Crippen LogP contribution is 2.33. The van der Waals surface area contributed by atoms with E-state index in [2.05, 4.69) is 20.6 Å². The first-order valence-electron chi connectivity index (χ1n) is 9.38. The molecule has 1 aliphatic rings. The molecule has 30 heavy (non-hydrogen) atoms. The van der Waals surface area contributed by atoms with Crippen LogP contribution in [0.2, 0.25) is 0 Å². The second-order valence-electron chi connectivity index (χ2n) is 6.70. The number of hydrogen-bond donors (Lipinski definition) is 3. The number of phenolic OH excluding ortho intramolecular Hbond substituents is 1. The minimum atomic E-state index is -0.746. The van der Waals surface area contributed by atoms with Gasteiger partial charge >= 0.3 is 0 Å². The van der Waals surface area contributed by atoms with Crippen molar-refractivity contribution in [1.29, 1.82) is 0 Å². The number of anilines is 2. The Morgan fingerprint density at radius 2 is 2.00 bits per heavy atom. The molecule has 4 rings (SSSR count). The smallest absolute Gasteiger partial charge is 0.257 e. The molecule has 0 aliphatic carbocycles. The van der Waals surface area contributed by atoms with Gasteiger partial charge in [-0.3, -0.25) is 14.7 Å². The molecule has 0 saturated carbocycles. The number of nitrogens with zero attached hydrogens (tertiary/aromatic N) is 3. The molecule has 2 aromatic carbocycles. The summed E-state index contributed by atoms with van der Waals surface area (Å²) < 4.78 is 20.1. The minimum absolute atomic E-state index is 0.00206. The predicted molar refractivity (Wildman–Crippen MR) is 112 cm³/mol. The molecule has 3 aromatic rings. The van der Waals surface area contributed by atoms with E-state index >= 15 is 0 Å². The van der Waals surface area contributed by atoms with Crippen LogP contribution in [0, 0.1) is 12.7 Å². The summed E-state index contributed by atoms with van der Waals surface area (Å²) in [7, 11) is 0. The van der Waals surface area contributed by atoms with Gasteiger partial charge in [0.15, 0.2) is 17.7 Å². The Hall–Kier alpha value is -3.88. The second-order valence-corrected chi connectivity index (χ2v) is 6.70. The normalized spacial score (nSPS) is 15.0. The van der Waals surface area contributed by atoms with Gasteiger partial charge in [0.05, 0.1) is 6.61 Å². The van der Waals surface area contributed by atoms with Gasteiger partial charge in [-0.2, -0.15) is 0 Å². The van der Waals surface area contributed by atoms with E-state index in [9.17, 15) is 14.3 Å². The van der Waals surface area contributed by atoms with Crippen molar-refractivity contribution in [2.45, 2.75) is 20.0 Å². The third-order valence-corrected chi connectivity index (χ3v) is 4.50. The first-order chi connectivity index (χ1) is 14.4. The number of benzene rings is 2. The van der Waals surface area contributed by atoms with Crippen LogP contribution in [0.1, 0.15) is 24.3 Å². The molecule has 1 atom stereocenters. The van der Waals surface area contributed by atoms with E-state index in [-0.39, 0.29) is 17.1 Å². The van der Waals surface area contributed by atoms with E-state index < -0.39 is 6.17 Å². The van der Waals surface area contributed by atoms with Crippen LogP contribution in [0.15, 0.2) is 58.3 Å². The molecule has 1 aliphatic heterocycles. The van der Waals surface area contributed by atoms with Crippen LogP contribution < -0.4 is 20.9 Å². The number of aromatic hydroxyl groups is 1. The van der Waals surface area contributed by atoms with Gasteiger partial charge in [-0.1, -0.05) is 6.07 Å². The summed E-state index contributed by atoms with van der Waals surface area (Å²) in [6.45, 7) is 3.92. The lowest BCUT2D eigenvalue weighted by Crippen LogP contribution is -2.37. The fourth-order valence-corrected chi connectivity index (χ4v) is 3.17. The average molecular weight is 409 g/mol. The van der Waals surface area contributed by atoms with E-state index in [1.807, 2.05) is 6.92 Å². The quantitative estimate of drug-likeness (QED) is 0.612. The van der Waals surface area contributed by atoms with Crippen molar-refractivity contribution in [3.8, 4) is 11.5 Å². The second kappa shape index (κ2) is 7.86. The van der Waals surface area contributed by atoms with Gasteiger partial charge in [-0.05, 0) is 50.2 Å². The van der Waals surface area contributed by atoms with E-state index in [1.165, 1.54) is 28.8 Å². The highest BCUT2D eigenvalue weighted by molar-refractivity contribution is 6.03. The molecule has 154 valence electrons. The summed E-state index contributed by atoms with van der Waals surface area (Å²) in [6, 6.07) is 12.1. The van der Waals surface area contributed by atoms with Crippen molar-refractivity contribution in [2.24, 2.45) is 4.99 Å². The lowest BCUT2D eigenvalue weighted by atomic mass is 10.1. The number of rotatable bonds is 4. The number of nitrogens with one attached hydrogen (secondary N) is 2. The standard InChI is InChI=1S/C21H20FN5O3/c1-3-30-17-11-13(4-9-16(17)28)19-25-20(24-15-7-5-14(22)6-8-15)26-21-23-12(2)10-18(29)27(19)21/h4-11,19,28H,3H2,1-2H3,(H2,23,24,25,26)/t19-/m1/s1. The van der Waals surface area contributed by atoms with Crippen LogP contribution in [0.25, 0.3) is 0 Å². The number of halogens is 1. The van der Waals surface area contributed by atoms with Gasteiger partial charge in [0.25, 0.3) is 5.56 Å². The highest BCUT2D eigenvalue weighted by atomic mass is 19.1. The van der Waals surface area contributed by atoms with Gasteiger partial charge in [0.2, 0.25) is 11.9 Å². The molecule has 9 heteroatoms. The van der Waals surface area contributed by atoms with Crippen molar-refractivity contribution in [3.05, 3.63) is 76.0 Å². The average Bonchev–Trinajstić information content (AvgIpc) is 2.70. The maximum Gasteiger partial charge on any atom is 0.257 e. The molecule has 2 heterocycles. The number of ether oxygens (including phenoxy) is 1. The highest BCUT2D eigenvalue weighted by Gasteiger charge is 2.26. The Bertz CT molecular complexity index is 1170. The van der Waals surface area contributed by atoms with Crippen LogP contribution in [0.5, 0.6) is 11.5 Å². The number of phenols is 1. The third-order valence-electron chi connectivity index (χ3n) is 4.50. The number of guanidine groups is 1. The molecular formula is C21H20FN5O3. The van der Waals surface area contributed by atoms with Crippen molar-refractivity contribution in [2.75, 3.05) is 17.2 Å². The molecule has 0 radical (unpaired) electrons. The van der Waals surface area contributed by atoms with Crippen LogP contribution in [0.4, 0.5) is 16.0 Å². The molecule has 0 spiro atoms. The third kappa shape index (κ3) is 3.82. The Labute approximate surface area is 171 Å². The number of fused-ring (bicyclic) bond motifs is 1. The number of aliphatic imine (C=N–C) groups is 1. The first kappa shape index (κ1) is 19.4. The zero-order valence-corrected chi connectivity index (χ0v) is 16.4. The van der Waals surface area contributed by atoms with Crippen LogP contribution >= 0.6 is 0 Å². The summed E-state index contributed by atoms with van der Waals surface area (Å²) in [5, 5.41) is 16.1. The first-order valence-corrected chi connectivity index (χ1v) is 9.38. The van der Waals surface area contributed by atoms with Crippen LogP contribution in [-0.2, 0) is 0 Å². The van der Waals surface area contributed by atoms with Gasteiger partial charge in [-0.25, -0.2) is 14.4 Å². The van der Waals surface area contributed by atoms with E-state index in [0.29, 0.717) is 41.2 Å². The summed E-state index contributed by atoms with van der Waals surface area (Å²) in [4.78, 5) is 21.8. The Morgan fingerprint density at radius 1 is 1.23 bits per heavy atom. The predicted octanol–water partition coefficient (Wildman–Crippen LogP) is 3.24. The molecule has 3 N–H and O–H groups in total. The molecule has 1 aromatic heterocycles. The fraction of sp³-hybridized carbons (Fsp3) is 0.190. The van der Waals surface area contributed by atoms with Gasteiger partial charge in [0, 0.05) is 23.0 Å². The molecule has 0 amide bonds. The van der Waals surface area contributed by atoms with E-state index in [4.69, 9.17) is 4.74 Å². The van der Waals surface area contributed by atoms with Crippen molar-refractivity contribution < 1.29 is 14.2 Å². The topological polar surface area (TPSA) is 101 Å². The monoisotopic (exact) mass is 409 g/mol. The Kier molecular flexibility index (Phi) is 5.09. The van der Waals surface area contributed by atoms with Crippen LogP contribution in [0.3, 0.4) is 0 Å². The Morgan fingerprint density at radius 3 is 2.73 bits per heavy atom. The Balaban J connectivity index is 1.80. The number of aromatic nitrogens is 2. The number of aryl methyl sites for hydroxylation is 1. The summed E-state index contributed by atoms with van der Waals surface area (Å²) in [6.07, 6.45) is -0.746. The summed E-state index contributed by atoms with van der Waals surface area (Å²) >= 11 is 0. The van der Waals surface area contributed by atoms with Crippen molar-refractivity contribution >= 4 is 17.6 Å². The molecule has 0 bridgehead atoms. The SMILES string of the molecule is CCOc1cc([C@@H]2N=C(Nc3ccc(F)cc3)Nc3nc(C)cc(=O)n32)ccc1O. The van der Waals surface area contributed by atoms with E-state index in [0.717, 1.165) is 0 Å². The zero-order valence-electron chi connectivity index (χ0n) is 16.4. The van der Waals surface area contributed by atoms with Crippen LogP contribution in [-0.4, -0.2) is 27.2 Å². The largest absolute Gasteiger partial charge is 0.504 e. The van der Waals surface area contributed by atoms with Gasteiger partial charge in [0.1, 0.15) is 5.82 Å². The van der Waals surface area contributed by atoms with Crippen molar-refractivity contribution in [3.63, 3.8) is 0 Å². The number of hydrogen-bond acceptors (Lipinski definition) is 7. The maximum absolute atomic E-state index is 13.2. The molecule has 0 unspecified atom stereocenters. The van der Waals surface area contributed by atoms with Crippen molar-refractivity contribution in [1.82, 2.24) is 9.55 Å². The van der Waals surface area contributed by atoms with E-state index in [1.54, 1.807) is 31.2 Å². The maximum atomic E-state index is 13.2. The zero-order chi connectivity index (χ0) is 21.3. The lowest BCUT2D eigenvalue weighted by molar-refractivity contribution is 0.317. The molecule has 0 fully saturated rings.